The van der Waals surface area contributed by atoms with Gasteiger partial charge in [0.1, 0.15) is 4.90 Å². The summed E-state index contributed by atoms with van der Waals surface area (Å²) in [7, 11) is -4.00. The van der Waals surface area contributed by atoms with Gasteiger partial charge in [-0.2, -0.15) is 5.10 Å². The number of carbonyl (C=O) groups excluding carboxylic acids is 1. The number of aromatic nitrogens is 4. The number of H-pyrrole nitrogens is 1. The Morgan fingerprint density at radius 1 is 1.28 bits per heavy atom. The first-order valence-electron chi connectivity index (χ1n) is 7.37. The van der Waals surface area contributed by atoms with Gasteiger partial charge in [0.05, 0.1) is 11.9 Å². The number of imidazole rings is 1. The molecule has 0 aliphatic rings. The lowest BCUT2D eigenvalue weighted by Crippen LogP contribution is -2.30. The van der Waals surface area contributed by atoms with E-state index in [0.29, 0.717) is 12.2 Å². The summed E-state index contributed by atoms with van der Waals surface area (Å²) >= 11 is 0. The van der Waals surface area contributed by atoms with E-state index in [1.54, 1.807) is 18.3 Å². The monoisotopic (exact) mass is 361 g/mol. The fourth-order valence-corrected chi connectivity index (χ4v) is 3.12. The normalized spacial score (nSPS) is 11.4. The molecule has 0 saturated heterocycles. The number of carbonyl (C=O) groups is 1. The topological polar surface area (TPSA) is 119 Å². The summed E-state index contributed by atoms with van der Waals surface area (Å²) in [6, 6.07) is 5.97. The molecule has 0 aliphatic carbocycles. The van der Waals surface area contributed by atoms with E-state index >= 15 is 0 Å². The molecule has 3 rings (SSSR count). The quantitative estimate of drug-likeness (QED) is 0.686. The van der Waals surface area contributed by atoms with Gasteiger partial charge in [-0.1, -0.05) is 0 Å². The van der Waals surface area contributed by atoms with Gasteiger partial charge in [0, 0.05) is 30.7 Å². The molecule has 1 amide bonds. The van der Waals surface area contributed by atoms with Crippen molar-refractivity contribution in [2.24, 2.45) is 0 Å². The lowest BCUT2D eigenvalue weighted by molar-refractivity contribution is 0.0981. The van der Waals surface area contributed by atoms with Crippen molar-refractivity contribution in [3.05, 3.63) is 65.1 Å². The maximum absolute atomic E-state index is 12.2. The summed E-state index contributed by atoms with van der Waals surface area (Å²) < 4.78 is 29.2. The molecule has 0 radical (unpaired) electrons. The zero-order valence-corrected chi connectivity index (χ0v) is 14.0. The smallest absolute Gasteiger partial charge is 0.312 e. The lowest BCUT2D eigenvalue weighted by atomic mass is 10.2. The Labute approximate surface area is 143 Å². The van der Waals surface area contributed by atoms with Gasteiger partial charge < -0.3 is 4.98 Å². The highest BCUT2D eigenvalue weighted by Gasteiger charge is 2.20. The number of hydrogen-bond donors (Lipinski definition) is 2. The van der Waals surface area contributed by atoms with Crippen LogP contribution < -0.4 is 10.4 Å². The van der Waals surface area contributed by atoms with E-state index in [0.717, 1.165) is 0 Å². The molecule has 0 saturated carbocycles. The number of aromatic amines is 1. The van der Waals surface area contributed by atoms with Gasteiger partial charge in [-0.25, -0.2) is 17.9 Å². The Balaban J connectivity index is 1.79. The maximum atomic E-state index is 12.2. The molecule has 9 nitrogen and oxygen atoms in total. The van der Waals surface area contributed by atoms with Gasteiger partial charge >= 0.3 is 5.69 Å². The number of aryl methyl sites for hydroxylation is 1. The standard InChI is InChI=1S/C15H15N5O4S/c1-2-19-10-13(9-17-19)25(23,24)18-14(21)11-3-5-12(6-4-11)20-8-7-16-15(20)22/h3-10H,2H2,1H3,(H,16,22)(H,18,21). The molecule has 2 N–H and O–H groups in total. The second-order valence-corrected chi connectivity index (χ2v) is 6.83. The fraction of sp³-hybridized carbons (Fsp3) is 0.133. The van der Waals surface area contributed by atoms with Crippen LogP contribution in [0.1, 0.15) is 17.3 Å². The van der Waals surface area contributed by atoms with Crippen LogP contribution in [-0.2, 0) is 16.6 Å². The molecule has 0 fully saturated rings. The van der Waals surface area contributed by atoms with Gasteiger partial charge in [-0.05, 0) is 31.2 Å². The zero-order chi connectivity index (χ0) is 18.0. The average Bonchev–Trinajstić information content (AvgIpc) is 3.23. The molecule has 2 aromatic heterocycles. The number of hydrogen-bond acceptors (Lipinski definition) is 5. The van der Waals surface area contributed by atoms with E-state index in [-0.39, 0.29) is 16.1 Å². The van der Waals surface area contributed by atoms with Gasteiger partial charge in [-0.15, -0.1) is 0 Å². The molecule has 2 heterocycles. The fourth-order valence-electron chi connectivity index (χ4n) is 2.19. The highest BCUT2D eigenvalue weighted by Crippen LogP contribution is 2.11. The van der Waals surface area contributed by atoms with Crippen LogP contribution in [0.3, 0.4) is 0 Å². The third-order valence-corrected chi connectivity index (χ3v) is 4.81. The highest BCUT2D eigenvalue weighted by atomic mass is 32.2. The van der Waals surface area contributed by atoms with E-state index in [1.165, 1.54) is 40.0 Å². The Morgan fingerprint density at radius 3 is 2.56 bits per heavy atom. The molecule has 0 aliphatic heterocycles. The Morgan fingerprint density at radius 2 is 2.00 bits per heavy atom. The van der Waals surface area contributed by atoms with Crippen molar-refractivity contribution in [2.45, 2.75) is 18.4 Å². The van der Waals surface area contributed by atoms with Crippen LogP contribution in [0, 0.1) is 0 Å². The van der Waals surface area contributed by atoms with Gasteiger partial charge in [0.25, 0.3) is 15.9 Å². The first-order chi connectivity index (χ1) is 11.9. The molecular formula is C15H15N5O4S. The number of rotatable bonds is 5. The number of nitrogens with one attached hydrogen (secondary N) is 2. The molecule has 0 atom stereocenters. The molecule has 130 valence electrons. The number of nitrogens with zero attached hydrogens (tertiary/aromatic N) is 3. The molecule has 3 aromatic rings. The molecule has 1 aromatic carbocycles. The van der Waals surface area contributed by atoms with Crippen LogP contribution in [0.25, 0.3) is 5.69 Å². The summed E-state index contributed by atoms with van der Waals surface area (Å²) in [6.07, 6.45) is 5.57. The van der Waals surface area contributed by atoms with E-state index in [4.69, 9.17) is 0 Å². The maximum Gasteiger partial charge on any atom is 0.330 e. The largest absolute Gasteiger partial charge is 0.330 e. The van der Waals surface area contributed by atoms with E-state index in [9.17, 15) is 18.0 Å². The second-order valence-electron chi connectivity index (χ2n) is 5.15. The van der Waals surface area contributed by atoms with Crippen molar-refractivity contribution in [1.29, 1.82) is 0 Å². The predicted octanol–water partition coefficient (Wildman–Crippen LogP) is 0.501. The van der Waals surface area contributed by atoms with Gasteiger partial charge in [0.15, 0.2) is 0 Å². The minimum atomic E-state index is -4.00. The van der Waals surface area contributed by atoms with Gasteiger partial charge in [-0.3, -0.25) is 14.0 Å². The van der Waals surface area contributed by atoms with Crippen molar-refractivity contribution in [3.8, 4) is 5.69 Å². The highest BCUT2D eigenvalue weighted by molar-refractivity contribution is 7.90. The Kier molecular flexibility index (Phi) is 4.28. The van der Waals surface area contributed by atoms with Crippen molar-refractivity contribution in [2.75, 3.05) is 0 Å². The first kappa shape index (κ1) is 16.7. The minimum absolute atomic E-state index is 0.0850. The summed E-state index contributed by atoms with van der Waals surface area (Å²) in [4.78, 5) is 26.1. The van der Waals surface area contributed by atoms with Crippen LogP contribution >= 0.6 is 0 Å². The summed E-state index contributed by atoms with van der Waals surface area (Å²) in [5.41, 5.74) is 0.390. The number of amides is 1. The van der Waals surface area contributed by atoms with E-state index < -0.39 is 15.9 Å². The predicted molar refractivity (Wildman–Crippen MR) is 88.9 cm³/mol. The van der Waals surface area contributed by atoms with Crippen LogP contribution in [0.5, 0.6) is 0 Å². The van der Waals surface area contributed by atoms with Crippen molar-refractivity contribution >= 4 is 15.9 Å². The molecule has 0 spiro atoms. The van der Waals surface area contributed by atoms with Crippen LogP contribution in [0.4, 0.5) is 0 Å². The SMILES string of the molecule is CCn1cc(S(=O)(=O)NC(=O)c2ccc(-n3cc[nH]c3=O)cc2)cn1. The van der Waals surface area contributed by atoms with Crippen molar-refractivity contribution in [1.82, 2.24) is 24.1 Å². The molecule has 25 heavy (non-hydrogen) atoms. The van der Waals surface area contributed by atoms with Crippen LogP contribution in [-0.4, -0.2) is 33.7 Å². The lowest BCUT2D eigenvalue weighted by Gasteiger charge is -2.06. The van der Waals surface area contributed by atoms with E-state index in [2.05, 4.69) is 10.1 Å². The molecule has 0 bridgehead atoms. The average molecular weight is 361 g/mol. The Hall–Kier alpha value is -3.14. The van der Waals surface area contributed by atoms with Crippen LogP contribution in [0.15, 0.2) is 58.7 Å². The molecule has 0 unspecified atom stereocenters. The van der Waals surface area contributed by atoms with E-state index in [1.807, 2.05) is 11.6 Å². The second kappa shape index (κ2) is 6.40. The summed E-state index contributed by atoms with van der Waals surface area (Å²) in [6.45, 7) is 2.34. The zero-order valence-electron chi connectivity index (χ0n) is 13.2. The number of sulfonamides is 1. The summed E-state index contributed by atoms with van der Waals surface area (Å²) in [5.74, 6) is -0.766. The first-order valence-corrected chi connectivity index (χ1v) is 8.85. The van der Waals surface area contributed by atoms with Gasteiger partial charge in [0.2, 0.25) is 0 Å². The molecule has 10 heteroatoms. The van der Waals surface area contributed by atoms with Crippen LogP contribution in [0.2, 0.25) is 0 Å². The van der Waals surface area contributed by atoms with Crippen molar-refractivity contribution < 1.29 is 13.2 Å². The Bertz CT molecular complexity index is 1060. The summed E-state index contributed by atoms with van der Waals surface area (Å²) in [5, 5.41) is 3.88. The minimum Gasteiger partial charge on any atom is -0.312 e. The molecular weight excluding hydrogens is 346 g/mol. The third kappa shape index (κ3) is 3.38. The number of benzene rings is 1. The third-order valence-electron chi connectivity index (χ3n) is 3.53. The van der Waals surface area contributed by atoms with Crippen molar-refractivity contribution in [3.63, 3.8) is 0 Å².